The van der Waals surface area contributed by atoms with Gasteiger partial charge in [-0.05, 0) is 58.8 Å². The number of rotatable bonds is 1. The second-order valence-electron chi connectivity index (χ2n) is 4.45. The molecule has 6 heteroatoms. The molecule has 0 unspecified atom stereocenters. The Bertz CT molecular complexity index is 861. The summed E-state index contributed by atoms with van der Waals surface area (Å²) in [6, 6.07) is 8.54. The highest BCUT2D eigenvalue weighted by molar-refractivity contribution is 9.10. The van der Waals surface area contributed by atoms with Crippen molar-refractivity contribution >= 4 is 50.8 Å². The fraction of sp³-hybridized carbons (Fsp3) is 0.0714. The first kappa shape index (κ1) is 13.8. The lowest BCUT2D eigenvalue weighted by Crippen LogP contribution is -1.97. The molecule has 0 aliphatic carbocycles. The zero-order chi connectivity index (χ0) is 14.4. The van der Waals surface area contributed by atoms with Gasteiger partial charge in [0, 0.05) is 4.47 Å². The van der Waals surface area contributed by atoms with Crippen LogP contribution in [0.1, 0.15) is 5.56 Å². The van der Waals surface area contributed by atoms with Crippen LogP contribution in [0.25, 0.3) is 16.7 Å². The van der Waals surface area contributed by atoms with Gasteiger partial charge in [0.1, 0.15) is 5.82 Å². The number of nitrogens with one attached hydrogen (secondary N) is 1. The van der Waals surface area contributed by atoms with Crippen LogP contribution in [0.3, 0.4) is 0 Å². The summed E-state index contributed by atoms with van der Waals surface area (Å²) in [5.74, 6) is -0.395. The molecule has 0 saturated heterocycles. The third-order valence-corrected chi connectivity index (χ3v) is 4.31. The minimum absolute atomic E-state index is 0.301. The van der Waals surface area contributed by atoms with Crippen LogP contribution in [0.5, 0.6) is 0 Å². The Morgan fingerprint density at radius 3 is 2.80 bits per heavy atom. The SMILES string of the molecule is Cc1cccc2c1[nH]c(=S)n2-c1c(Cl)cc(F)cc1Br. The van der Waals surface area contributed by atoms with Crippen LogP contribution in [0.15, 0.2) is 34.8 Å². The quantitative estimate of drug-likeness (QED) is 0.556. The van der Waals surface area contributed by atoms with E-state index in [1.807, 2.05) is 29.7 Å². The van der Waals surface area contributed by atoms with Gasteiger partial charge >= 0.3 is 0 Å². The fourth-order valence-electron chi connectivity index (χ4n) is 2.24. The number of hydrogen-bond acceptors (Lipinski definition) is 1. The van der Waals surface area contributed by atoms with Crippen LogP contribution in [0.2, 0.25) is 5.02 Å². The van der Waals surface area contributed by atoms with Crippen molar-refractivity contribution in [2.24, 2.45) is 0 Å². The standard InChI is InChI=1S/C14H9BrClFN2S/c1-7-3-2-4-11-12(7)18-14(20)19(11)13-9(15)5-8(17)6-10(13)16/h2-6H,1H3,(H,18,20). The summed E-state index contributed by atoms with van der Waals surface area (Å²) in [6.45, 7) is 2.00. The lowest BCUT2D eigenvalue weighted by molar-refractivity contribution is 0.626. The van der Waals surface area contributed by atoms with E-state index >= 15 is 0 Å². The van der Waals surface area contributed by atoms with Crippen molar-refractivity contribution in [3.8, 4) is 5.69 Å². The zero-order valence-corrected chi connectivity index (χ0v) is 13.5. The number of fused-ring (bicyclic) bond motifs is 1. The van der Waals surface area contributed by atoms with Gasteiger partial charge in [0.05, 0.1) is 21.7 Å². The van der Waals surface area contributed by atoms with Crippen LogP contribution in [0.4, 0.5) is 4.39 Å². The molecule has 0 radical (unpaired) electrons. The van der Waals surface area contributed by atoms with Gasteiger partial charge in [0.25, 0.3) is 0 Å². The Morgan fingerprint density at radius 2 is 2.10 bits per heavy atom. The zero-order valence-electron chi connectivity index (χ0n) is 10.4. The molecule has 1 aromatic heterocycles. The Hall–Kier alpha value is -1.17. The van der Waals surface area contributed by atoms with Crippen LogP contribution in [-0.4, -0.2) is 9.55 Å². The van der Waals surface area contributed by atoms with E-state index in [0.717, 1.165) is 16.6 Å². The summed E-state index contributed by atoms with van der Waals surface area (Å²) in [5, 5.41) is 0.301. The summed E-state index contributed by atoms with van der Waals surface area (Å²) in [6.07, 6.45) is 0. The molecule has 0 bridgehead atoms. The van der Waals surface area contributed by atoms with E-state index in [2.05, 4.69) is 20.9 Å². The second-order valence-corrected chi connectivity index (χ2v) is 6.10. The van der Waals surface area contributed by atoms with Crippen molar-refractivity contribution < 1.29 is 4.39 Å². The molecule has 2 aromatic carbocycles. The summed E-state index contributed by atoms with van der Waals surface area (Å²) in [4.78, 5) is 3.17. The molecule has 0 amide bonds. The number of imidazole rings is 1. The van der Waals surface area contributed by atoms with Crippen LogP contribution >= 0.6 is 39.7 Å². The van der Waals surface area contributed by atoms with E-state index < -0.39 is 5.82 Å². The van der Waals surface area contributed by atoms with E-state index in [1.165, 1.54) is 12.1 Å². The molecule has 0 fully saturated rings. The third-order valence-electron chi connectivity index (χ3n) is 3.13. The number of halogens is 3. The van der Waals surface area contributed by atoms with E-state index in [9.17, 15) is 4.39 Å². The summed E-state index contributed by atoms with van der Waals surface area (Å²) >= 11 is 14.9. The highest BCUT2D eigenvalue weighted by Gasteiger charge is 2.15. The van der Waals surface area contributed by atoms with Crippen molar-refractivity contribution in [3.05, 3.63) is 56.0 Å². The van der Waals surface area contributed by atoms with Gasteiger partial charge < -0.3 is 4.98 Å². The minimum Gasteiger partial charge on any atom is -0.330 e. The molecule has 0 spiro atoms. The second kappa shape index (κ2) is 4.98. The van der Waals surface area contributed by atoms with Gasteiger partial charge in [0.2, 0.25) is 0 Å². The number of aryl methyl sites for hydroxylation is 1. The molecule has 3 aromatic rings. The highest BCUT2D eigenvalue weighted by atomic mass is 79.9. The first-order valence-electron chi connectivity index (χ1n) is 5.84. The molecule has 1 N–H and O–H groups in total. The number of aromatic nitrogens is 2. The average Bonchev–Trinajstić information content (AvgIpc) is 2.67. The van der Waals surface area contributed by atoms with E-state index in [1.54, 1.807) is 0 Å². The molecule has 0 aliphatic heterocycles. The molecule has 0 aliphatic rings. The van der Waals surface area contributed by atoms with E-state index in [-0.39, 0.29) is 0 Å². The van der Waals surface area contributed by atoms with Gasteiger partial charge in [0.15, 0.2) is 4.77 Å². The molecular weight excluding hydrogens is 363 g/mol. The molecule has 3 rings (SSSR count). The monoisotopic (exact) mass is 370 g/mol. The molecule has 102 valence electrons. The molecule has 0 atom stereocenters. The predicted molar refractivity (Wildman–Crippen MR) is 85.9 cm³/mol. The Kier molecular flexibility index (Phi) is 3.44. The number of para-hydroxylation sites is 1. The predicted octanol–water partition coefficient (Wildman–Crippen LogP) is 5.55. The summed E-state index contributed by atoms with van der Waals surface area (Å²) in [5.41, 5.74) is 3.57. The van der Waals surface area contributed by atoms with Gasteiger partial charge in [-0.2, -0.15) is 0 Å². The lowest BCUT2D eigenvalue weighted by Gasteiger charge is -2.10. The highest BCUT2D eigenvalue weighted by Crippen LogP contribution is 2.33. The number of aromatic amines is 1. The average molecular weight is 372 g/mol. The van der Waals surface area contributed by atoms with E-state index in [4.69, 9.17) is 23.8 Å². The number of H-pyrrole nitrogens is 1. The van der Waals surface area contributed by atoms with Crippen LogP contribution in [0, 0.1) is 17.5 Å². The molecular formula is C14H9BrClFN2S. The van der Waals surface area contributed by atoms with Gasteiger partial charge in [-0.3, -0.25) is 4.57 Å². The number of hydrogen-bond donors (Lipinski definition) is 1. The molecule has 2 nitrogen and oxygen atoms in total. The van der Waals surface area contributed by atoms with Crippen LogP contribution < -0.4 is 0 Å². The Labute approximate surface area is 133 Å². The first-order valence-corrected chi connectivity index (χ1v) is 7.42. The topological polar surface area (TPSA) is 20.7 Å². The van der Waals surface area contributed by atoms with Crippen molar-refractivity contribution in [2.75, 3.05) is 0 Å². The first-order chi connectivity index (χ1) is 9.49. The lowest BCUT2D eigenvalue weighted by atomic mass is 10.2. The maximum Gasteiger partial charge on any atom is 0.182 e. The van der Waals surface area contributed by atoms with Crippen molar-refractivity contribution in [1.29, 1.82) is 0 Å². The smallest absolute Gasteiger partial charge is 0.182 e. The van der Waals surface area contributed by atoms with Crippen molar-refractivity contribution in [2.45, 2.75) is 6.92 Å². The number of nitrogens with zero attached hydrogens (tertiary/aromatic N) is 1. The molecule has 20 heavy (non-hydrogen) atoms. The fourth-order valence-corrected chi connectivity index (χ4v) is 3.55. The summed E-state index contributed by atoms with van der Waals surface area (Å²) in [7, 11) is 0. The maximum atomic E-state index is 13.4. The Morgan fingerprint density at radius 1 is 1.35 bits per heavy atom. The number of benzene rings is 2. The minimum atomic E-state index is -0.395. The Balaban J connectivity index is 2.45. The van der Waals surface area contributed by atoms with Gasteiger partial charge in [-0.15, -0.1) is 0 Å². The van der Waals surface area contributed by atoms with Gasteiger partial charge in [-0.25, -0.2) is 4.39 Å². The van der Waals surface area contributed by atoms with Crippen LogP contribution in [-0.2, 0) is 0 Å². The molecule has 0 saturated carbocycles. The van der Waals surface area contributed by atoms with Crippen molar-refractivity contribution in [1.82, 2.24) is 9.55 Å². The maximum absolute atomic E-state index is 13.4. The summed E-state index contributed by atoms with van der Waals surface area (Å²) < 4.78 is 16.3. The largest absolute Gasteiger partial charge is 0.330 e. The van der Waals surface area contributed by atoms with Gasteiger partial charge in [-0.1, -0.05) is 23.7 Å². The normalized spacial score (nSPS) is 11.2. The third kappa shape index (κ3) is 2.10. The van der Waals surface area contributed by atoms with E-state index in [0.29, 0.717) is 20.0 Å². The van der Waals surface area contributed by atoms with Crippen molar-refractivity contribution in [3.63, 3.8) is 0 Å². The molecule has 1 heterocycles.